The van der Waals surface area contributed by atoms with Crippen molar-refractivity contribution in [1.82, 2.24) is 9.88 Å². The number of aliphatic hydroxyl groups excluding tert-OH is 1. The van der Waals surface area contributed by atoms with Crippen molar-refractivity contribution < 1.29 is 24.3 Å². The van der Waals surface area contributed by atoms with Crippen LogP contribution in [0.15, 0.2) is 41.7 Å². The molecule has 2 heterocycles. The molecule has 0 aliphatic carbocycles. The molecule has 0 atom stereocenters. The van der Waals surface area contributed by atoms with Crippen LogP contribution in [0.4, 0.5) is 5.13 Å². The highest BCUT2D eigenvalue weighted by atomic mass is 32.1. The SMILES string of the molecule is Cc1nc(NC(=O)C(C)(C)CC(C)(C)C/C(O)=C2\C(=O)CCN(C(=O)c3ccccc3)C2=O)sc1C. The molecule has 1 aromatic heterocycles. The van der Waals surface area contributed by atoms with Gasteiger partial charge in [0.2, 0.25) is 5.91 Å². The van der Waals surface area contributed by atoms with E-state index in [4.69, 9.17) is 0 Å². The topological polar surface area (TPSA) is 117 Å². The number of piperidine rings is 1. The molecule has 0 bridgehead atoms. The summed E-state index contributed by atoms with van der Waals surface area (Å²) in [6.45, 7) is 11.1. The van der Waals surface area contributed by atoms with Crippen LogP contribution in [0, 0.1) is 24.7 Å². The number of aromatic nitrogens is 1. The fraction of sp³-hybridized carbons (Fsp3) is 0.444. The van der Waals surface area contributed by atoms with Crippen LogP contribution < -0.4 is 5.32 Å². The van der Waals surface area contributed by atoms with Gasteiger partial charge in [-0.1, -0.05) is 45.9 Å². The number of aryl methyl sites for hydroxylation is 2. The van der Waals surface area contributed by atoms with Crippen molar-refractivity contribution in [3.8, 4) is 0 Å². The average molecular weight is 512 g/mol. The fourth-order valence-electron chi connectivity index (χ4n) is 4.58. The van der Waals surface area contributed by atoms with E-state index in [-0.39, 0.29) is 36.6 Å². The third-order valence-electron chi connectivity index (χ3n) is 6.28. The second kappa shape index (κ2) is 10.3. The van der Waals surface area contributed by atoms with E-state index < -0.39 is 28.4 Å². The zero-order valence-corrected chi connectivity index (χ0v) is 22.4. The van der Waals surface area contributed by atoms with Crippen molar-refractivity contribution in [2.45, 2.75) is 60.8 Å². The highest BCUT2D eigenvalue weighted by Crippen LogP contribution is 2.40. The smallest absolute Gasteiger partial charge is 0.267 e. The summed E-state index contributed by atoms with van der Waals surface area (Å²) in [4.78, 5) is 58.0. The number of Topliss-reactive ketones (excluding diaryl/α,β-unsaturated/α-hetero) is 1. The Hall–Kier alpha value is -3.33. The van der Waals surface area contributed by atoms with Crippen LogP contribution in [0.5, 0.6) is 0 Å². The Morgan fingerprint density at radius 1 is 1.11 bits per heavy atom. The minimum Gasteiger partial charge on any atom is -0.511 e. The molecule has 0 radical (unpaired) electrons. The average Bonchev–Trinajstić information content (AvgIpc) is 3.09. The number of amides is 3. The van der Waals surface area contributed by atoms with Crippen molar-refractivity contribution in [2.75, 3.05) is 11.9 Å². The minimum atomic E-state index is -0.822. The van der Waals surface area contributed by atoms with Crippen LogP contribution in [0.3, 0.4) is 0 Å². The van der Waals surface area contributed by atoms with Gasteiger partial charge in [0, 0.05) is 35.2 Å². The van der Waals surface area contributed by atoms with Crippen molar-refractivity contribution in [2.24, 2.45) is 10.8 Å². The number of anilines is 1. The largest absolute Gasteiger partial charge is 0.511 e. The normalized spacial score (nSPS) is 16.2. The number of thiazole rings is 1. The van der Waals surface area contributed by atoms with Gasteiger partial charge in [0.25, 0.3) is 11.8 Å². The first-order valence-corrected chi connectivity index (χ1v) is 12.7. The first-order valence-electron chi connectivity index (χ1n) is 11.8. The lowest BCUT2D eigenvalue weighted by Gasteiger charge is -2.34. The van der Waals surface area contributed by atoms with E-state index in [2.05, 4.69) is 10.3 Å². The number of hydrogen-bond acceptors (Lipinski definition) is 7. The van der Waals surface area contributed by atoms with Gasteiger partial charge in [-0.05, 0) is 37.8 Å². The summed E-state index contributed by atoms with van der Waals surface area (Å²) >= 11 is 1.41. The third kappa shape index (κ3) is 6.07. The number of ketones is 1. The van der Waals surface area contributed by atoms with Crippen LogP contribution in [0.1, 0.15) is 67.9 Å². The van der Waals surface area contributed by atoms with Gasteiger partial charge in [-0.2, -0.15) is 0 Å². The Morgan fingerprint density at radius 3 is 2.33 bits per heavy atom. The maximum absolute atomic E-state index is 13.1. The number of allylic oxidation sites excluding steroid dienone is 1. The molecule has 2 aromatic rings. The number of likely N-dealkylation sites (tertiary alicyclic amines) is 1. The van der Waals surface area contributed by atoms with Crippen LogP contribution in [-0.4, -0.2) is 45.0 Å². The lowest BCUT2D eigenvalue weighted by molar-refractivity contribution is -0.131. The number of hydrogen-bond donors (Lipinski definition) is 2. The zero-order valence-electron chi connectivity index (χ0n) is 21.6. The zero-order chi connectivity index (χ0) is 26.8. The van der Waals surface area contributed by atoms with Crippen LogP contribution in [0.2, 0.25) is 0 Å². The van der Waals surface area contributed by atoms with Gasteiger partial charge in [-0.15, -0.1) is 11.3 Å². The number of nitrogens with zero attached hydrogens (tertiary/aromatic N) is 2. The Balaban J connectivity index is 1.76. The molecular formula is C27H33N3O5S. The van der Waals surface area contributed by atoms with E-state index in [1.54, 1.807) is 44.2 Å². The molecule has 3 amide bonds. The molecule has 192 valence electrons. The highest BCUT2D eigenvalue weighted by Gasteiger charge is 2.40. The summed E-state index contributed by atoms with van der Waals surface area (Å²) in [5.41, 5.74) is -0.615. The molecular weight excluding hydrogens is 478 g/mol. The molecule has 36 heavy (non-hydrogen) atoms. The molecule has 1 saturated heterocycles. The number of carbonyl (C=O) groups excluding carboxylic acids is 4. The number of rotatable bonds is 7. The molecule has 0 saturated carbocycles. The molecule has 8 nitrogen and oxygen atoms in total. The number of aliphatic hydroxyl groups is 1. The monoisotopic (exact) mass is 511 g/mol. The fourth-order valence-corrected chi connectivity index (χ4v) is 5.39. The molecule has 9 heteroatoms. The first kappa shape index (κ1) is 27.3. The van der Waals surface area contributed by atoms with E-state index in [0.717, 1.165) is 15.5 Å². The minimum absolute atomic E-state index is 0.000636. The maximum atomic E-state index is 13.1. The predicted molar refractivity (Wildman–Crippen MR) is 139 cm³/mol. The Labute approximate surface area is 215 Å². The van der Waals surface area contributed by atoms with Crippen LogP contribution >= 0.6 is 11.3 Å². The summed E-state index contributed by atoms with van der Waals surface area (Å²) in [7, 11) is 0. The summed E-state index contributed by atoms with van der Waals surface area (Å²) < 4.78 is 0. The Morgan fingerprint density at radius 2 is 1.75 bits per heavy atom. The number of nitrogens with one attached hydrogen (secondary N) is 1. The number of carbonyl (C=O) groups is 4. The van der Waals surface area contributed by atoms with Crippen molar-refractivity contribution in [3.05, 3.63) is 57.8 Å². The van der Waals surface area contributed by atoms with E-state index in [0.29, 0.717) is 17.1 Å². The van der Waals surface area contributed by atoms with Gasteiger partial charge in [-0.3, -0.25) is 24.1 Å². The Kier molecular flexibility index (Phi) is 7.83. The van der Waals surface area contributed by atoms with Crippen molar-refractivity contribution in [3.63, 3.8) is 0 Å². The predicted octanol–water partition coefficient (Wildman–Crippen LogP) is 4.98. The van der Waals surface area contributed by atoms with Gasteiger partial charge >= 0.3 is 0 Å². The molecule has 1 aliphatic heterocycles. The molecule has 1 aliphatic rings. The van der Waals surface area contributed by atoms with Gasteiger partial charge in [0.1, 0.15) is 11.3 Å². The molecule has 2 N–H and O–H groups in total. The van der Waals surface area contributed by atoms with E-state index >= 15 is 0 Å². The molecule has 1 aromatic carbocycles. The molecule has 0 spiro atoms. The highest BCUT2D eigenvalue weighted by molar-refractivity contribution is 7.15. The molecule has 0 unspecified atom stereocenters. The van der Waals surface area contributed by atoms with E-state index in [9.17, 15) is 24.3 Å². The van der Waals surface area contributed by atoms with Gasteiger partial charge in [-0.25, -0.2) is 4.98 Å². The second-order valence-electron chi connectivity index (χ2n) is 10.6. The quantitative estimate of drug-likeness (QED) is 0.234. The van der Waals surface area contributed by atoms with Crippen LogP contribution in [0.25, 0.3) is 0 Å². The van der Waals surface area contributed by atoms with E-state index in [1.165, 1.54) is 11.3 Å². The summed E-state index contributed by atoms with van der Waals surface area (Å²) in [5.74, 6) is -2.36. The molecule has 3 rings (SSSR count). The van der Waals surface area contributed by atoms with Crippen molar-refractivity contribution >= 4 is 40.0 Å². The van der Waals surface area contributed by atoms with Crippen LogP contribution in [-0.2, 0) is 14.4 Å². The summed E-state index contributed by atoms with van der Waals surface area (Å²) in [5, 5.41) is 14.3. The summed E-state index contributed by atoms with van der Waals surface area (Å²) in [6, 6.07) is 8.34. The number of benzene rings is 1. The lowest BCUT2D eigenvalue weighted by Crippen LogP contribution is -2.45. The van der Waals surface area contributed by atoms with Gasteiger partial charge in [0.15, 0.2) is 10.9 Å². The standard InChI is InChI=1S/C27H33N3O5S/c1-16-17(2)36-25(28-16)29-24(35)27(5,6)15-26(3,4)14-20(32)21-19(31)12-13-30(23(21)34)22(33)18-10-8-7-9-11-18/h7-11,32H,12-15H2,1-6H3,(H,28,29,35)/b21-20-. The lowest BCUT2D eigenvalue weighted by atomic mass is 9.72. The first-order chi connectivity index (χ1) is 16.7. The second-order valence-corrected chi connectivity index (χ2v) is 11.8. The van der Waals surface area contributed by atoms with Crippen molar-refractivity contribution in [1.29, 1.82) is 0 Å². The Bertz CT molecular complexity index is 1210. The van der Waals surface area contributed by atoms with E-state index in [1.807, 2.05) is 27.7 Å². The third-order valence-corrected chi connectivity index (χ3v) is 7.27. The van der Waals surface area contributed by atoms with Gasteiger partial charge < -0.3 is 10.4 Å². The maximum Gasteiger partial charge on any atom is 0.267 e. The summed E-state index contributed by atoms with van der Waals surface area (Å²) in [6.07, 6.45) is 0.311. The molecule has 1 fully saturated rings. The van der Waals surface area contributed by atoms with Gasteiger partial charge in [0.05, 0.1) is 5.69 Å². The number of imide groups is 1.